The average molecular weight is 177 g/mol. The van der Waals surface area contributed by atoms with E-state index in [2.05, 4.69) is 0 Å². The van der Waals surface area contributed by atoms with Crippen LogP contribution in [0.15, 0.2) is 24.3 Å². The number of ketones is 1. The third-order valence-electron chi connectivity index (χ3n) is 1.68. The van der Waals surface area contributed by atoms with Gasteiger partial charge in [-0.1, -0.05) is 36.0 Å². The van der Waals surface area contributed by atoms with Gasteiger partial charge in [-0.25, -0.2) is 0 Å². The van der Waals surface area contributed by atoms with Gasteiger partial charge < -0.3 is 0 Å². The van der Waals surface area contributed by atoms with E-state index in [4.69, 9.17) is 0 Å². The fraction of sp³-hybridized carbons (Fsp3) is 0. The van der Waals surface area contributed by atoms with Gasteiger partial charge in [-0.15, -0.1) is 0 Å². The number of hydrogen-bond donors (Lipinski definition) is 0. The predicted octanol–water partition coefficient (Wildman–Crippen LogP) is 1.65. The summed E-state index contributed by atoms with van der Waals surface area (Å²) in [5.74, 6) is 1.32. The lowest BCUT2D eigenvalue weighted by molar-refractivity contribution is -0.107. The van der Waals surface area contributed by atoms with Crippen molar-refractivity contribution in [1.29, 1.82) is 0 Å². The summed E-state index contributed by atoms with van der Waals surface area (Å²) < 4.78 is 0. The number of carbonyl (C=O) groups is 2. The highest BCUT2D eigenvalue weighted by Crippen LogP contribution is 2.26. The van der Waals surface area contributed by atoms with E-state index >= 15 is 0 Å². The minimum Gasteiger partial charge on any atom is -0.284 e. The SMILES string of the molecule is O=C1S[CH]c2ccccc2C1=O. The van der Waals surface area contributed by atoms with Gasteiger partial charge in [0.1, 0.15) is 0 Å². The maximum absolute atomic E-state index is 11.2. The minimum absolute atomic E-state index is 0.391. The van der Waals surface area contributed by atoms with Crippen molar-refractivity contribution in [1.82, 2.24) is 0 Å². The van der Waals surface area contributed by atoms with Crippen molar-refractivity contribution in [3.8, 4) is 0 Å². The van der Waals surface area contributed by atoms with E-state index in [1.807, 2.05) is 12.1 Å². The van der Waals surface area contributed by atoms with Crippen LogP contribution < -0.4 is 0 Å². The highest BCUT2D eigenvalue weighted by molar-refractivity contribution is 8.17. The van der Waals surface area contributed by atoms with Crippen molar-refractivity contribution in [2.24, 2.45) is 0 Å². The van der Waals surface area contributed by atoms with E-state index in [-0.39, 0.29) is 0 Å². The van der Waals surface area contributed by atoms with Crippen LogP contribution in [0.1, 0.15) is 15.9 Å². The highest BCUT2D eigenvalue weighted by atomic mass is 32.2. The zero-order valence-corrected chi connectivity index (χ0v) is 6.93. The van der Waals surface area contributed by atoms with Gasteiger partial charge in [-0.3, -0.25) is 9.59 Å². The molecule has 1 aliphatic rings. The van der Waals surface area contributed by atoms with Crippen LogP contribution in [0.3, 0.4) is 0 Å². The molecule has 59 valence electrons. The molecule has 0 saturated carbocycles. The molecule has 1 aromatic carbocycles. The van der Waals surface area contributed by atoms with Crippen molar-refractivity contribution in [2.45, 2.75) is 0 Å². The molecule has 2 nitrogen and oxygen atoms in total. The summed E-state index contributed by atoms with van der Waals surface area (Å²) in [6.07, 6.45) is 0. The Bertz CT molecular complexity index is 357. The largest absolute Gasteiger partial charge is 0.284 e. The third kappa shape index (κ3) is 1.06. The summed E-state index contributed by atoms with van der Waals surface area (Å²) in [6.45, 7) is 0. The summed E-state index contributed by atoms with van der Waals surface area (Å²) in [6, 6.07) is 7.10. The number of rotatable bonds is 0. The average Bonchev–Trinajstić information content (AvgIpc) is 2.12. The molecule has 0 saturated heterocycles. The van der Waals surface area contributed by atoms with E-state index in [1.165, 1.54) is 0 Å². The molecule has 3 heteroatoms. The van der Waals surface area contributed by atoms with E-state index in [9.17, 15) is 9.59 Å². The molecular formula is C9H5O2S. The molecule has 0 aromatic heterocycles. The lowest BCUT2D eigenvalue weighted by Crippen LogP contribution is -2.16. The summed E-state index contributed by atoms with van der Waals surface area (Å²) in [5, 5.41) is -0.395. The summed E-state index contributed by atoms with van der Waals surface area (Å²) in [4.78, 5) is 22.2. The number of benzene rings is 1. The standard InChI is InChI=1S/C9H5O2S/c10-8-7-4-2-1-3-6(7)5-12-9(8)11/h1-5H. The van der Waals surface area contributed by atoms with Gasteiger partial charge in [-0.05, 0) is 5.56 Å². The molecule has 1 aliphatic heterocycles. The van der Waals surface area contributed by atoms with Crippen molar-refractivity contribution < 1.29 is 9.59 Å². The van der Waals surface area contributed by atoms with Crippen LogP contribution >= 0.6 is 11.8 Å². The van der Waals surface area contributed by atoms with Gasteiger partial charge >= 0.3 is 0 Å². The maximum atomic E-state index is 11.2. The van der Waals surface area contributed by atoms with Crippen molar-refractivity contribution in [2.75, 3.05) is 0 Å². The first kappa shape index (κ1) is 7.55. The molecule has 0 amide bonds. The third-order valence-corrected chi connectivity index (χ3v) is 2.45. The quantitative estimate of drug-likeness (QED) is 0.565. The van der Waals surface area contributed by atoms with Gasteiger partial charge in [0.2, 0.25) is 5.78 Å². The van der Waals surface area contributed by atoms with Crippen LogP contribution in [-0.2, 0) is 4.79 Å². The molecule has 1 heterocycles. The highest BCUT2D eigenvalue weighted by Gasteiger charge is 2.24. The van der Waals surface area contributed by atoms with Gasteiger partial charge in [0.15, 0.2) is 0 Å². The van der Waals surface area contributed by atoms with E-state index < -0.39 is 10.9 Å². The summed E-state index contributed by atoms with van der Waals surface area (Å²) in [7, 11) is 0. The summed E-state index contributed by atoms with van der Waals surface area (Å²) >= 11 is 0.955. The molecular weight excluding hydrogens is 172 g/mol. The molecule has 0 unspecified atom stereocenters. The second kappa shape index (κ2) is 2.75. The van der Waals surface area contributed by atoms with E-state index in [0.717, 1.165) is 17.3 Å². The van der Waals surface area contributed by atoms with Crippen LogP contribution in [0.2, 0.25) is 0 Å². The monoisotopic (exact) mass is 177 g/mol. The minimum atomic E-state index is -0.395. The molecule has 0 aliphatic carbocycles. The molecule has 2 rings (SSSR count). The van der Waals surface area contributed by atoms with Crippen molar-refractivity contribution >= 4 is 22.7 Å². The first-order valence-electron chi connectivity index (χ1n) is 3.46. The number of carbonyl (C=O) groups excluding carboxylic acids is 2. The Morgan fingerprint density at radius 3 is 2.67 bits per heavy atom. The number of thioether (sulfide) groups is 1. The van der Waals surface area contributed by atoms with Crippen molar-refractivity contribution in [3.63, 3.8) is 0 Å². The number of hydrogen-bond acceptors (Lipinski definition) is 3. The molecule has 12 heavy (non-hydrogen) atoms. The number of fused-ring (bicyclic) bond motifs is 1. The molecule has 0 spiro atoms. The molecule has 0 bridgehead atoms. The lowest BCUT2D eigenvalue weighted by atomic mass is 10.1. The van der Waals surface area contributed by atoms with Crippen LogP contribution in [-0.4, -0.2) is 10.9 Å². The Balaban J connectivity index is 2.56. The topological polar surface area (TPSA) is 34.1 Å². The molecule has 1 aromatic rings. The zero-order chi connectivity index (χ0) is 8.55. The van der Waals surface area contributed by atoms with Gasteiger partial charge in [0.05, 0.1) is 5.75 Å². The molecule has 1 radical (unpaired) electrons. The first-order valence-corrected chi connectivity index (χ1v) is 4.34. The Morgan fingerprint density at radius 2 is 1.83 bits per heavy atom. The van der Waals surface area contributed by atoms with E-state index in [0.29, 0.717) is 5.56 Å². The fourth-order valence-electron chi connectivity index (χ4n) is 1.09. The van der Waals surface area contributed by atoms with Crippen LogP contribution in [0.25, 0.3) is 0 Å². The van der Waals surface area contributed by atoms with Crippen LogP contribution in [0.4, 0.5) is 0 Å². The summed E-state index contributed by atoms with van der Waals surface area (Å²) in [5.41, 5.74) is 1.35. The second-order valence-electron chi connectivity index (χ2n) is 2.44. The number of Topliss-reactive ketones (excluding diaryl/α,β-unsaturated/α-hetero) is 1. The predicted molar refractivity (Wildman–Crippen MR) is 46.8 cm³/mol. The molecule has 0 fully saturated rings. The van der Waals surface area contributed by atoms with Crippen LogP contribution in [0.5, 0.6) is 0 Å². The van der Waals surface area contributed by atoms with Gasteiger partial charge in [0.25, 0.3) is 5.12 Å². The van der Waals surface area contributed by atoms with Gasteiger partial charge in [0, 0.05) is 5.56 Å². The second-order valence-corrected chi connectivity index (χ2v) is 3.28. The van der Waals surface area contributed by atoms with Gasteiger partial charge in [-0.2, -0.15) is 0 Å². The molecule has 0 N–H and O–H groups in total. The fourth-order valence-corrected chi connectivity index (χ4v) is 1.74. The Kier molecular flexibility index (Phi) is 1.73. The Hall–Kier alpha value is -1.09. The normalized spacial score (nSPS) is 16.0. The zero-order valence-electron chi connectivity index (χ0n) is 6.11. The maximum Gasteiger partial charge on any atom is 0.260 e. The first-order chi connectivity index (χ1) is 5.79. The smallest absolute Gasteiger partial charge is 0.260 e. The van der Waals surface area contributed by atoms with E-state index in [1.54, 1.807) is 17.9 Å². The lowest BCUT2D eigenvalue weighted by Gasteiger charge is -2.10. The molecule has 0 atom stereocenters. The van der Waals surface area contributed by atoms with Crippen LogP contribution in [0, 0.1) is 5.75 Å². The Morgan fingerprint density at radius 1 is 1.08 bits per heavy atom. The Labute approximate surface area is 74.0 Å². The van der Waals surface area contributed by atoms with Crippen molar-refractivity contribution in [3.05, 3.63) is 41.1 Å².